The summed E-state index contributed by atoms with van der Waals surface area (Å²) in [4.78, 5) is -0.114. The van der Waals surface area contributed by atoms with E-state index in [4.69, 9.17) is 10.5 Å². The third-order valence-corrected chi connectivity index (χ3v) is 6.14. The van der Waals surface area contributed by atoms with Crippen LogP contribution >= 0.6 is 12.4 Å². The second-order valence-electron chi connectivity index (χ2n) is 5.91. The normalized spacial score (nSPS) is 24.8. The molecule has 5 nitrogen and oxygen atoms in total. The molecule has 1 aromatic rings. The first kappa shape index (κ1) is 20.2. The summed E-state index contributed by atoms with van der Waals surface area (Å²) in [6, 6.07) is 3.62. The Morgan fingerprint density at radius 1 is 1.43 bits per heavy atom. The van der Waals surface area contributed by atoms with Crippen LogP contribution < -0.4 is 15.2 Å². The van der Waals surface area contributed by atoms with Crippen LogP contribution in [0.25, 0.3) is 0 Å². The van der Waals surface area contributed by atoms with Crippen molar-refractivity contribution in [1.82, 2.24) is 4.72 Å². The zero-order valence-corrected chi connectivity index (χ0v) is 15.0. The fourth-order valence-corrected chi connectivity index (χ4v) is 4.60. The van der Waals surface area contributed by atoms with Crippen molar-refractivity contribution in [2.24, 2.45) is 11.7 Å². The highest BCUT2D eigenvalue weighted by Crippen LogP contribution is 2.34. The van der Waals surface area contributed by atoms with Gasteiger partial charge in [0.25, 0.3) is 0 Å². The molecule has 2 unspecified atom stereocenters. The van der Waals surface area contributed by atoms with Crippen LogP contribution in [-0.4, -0.2) is 27.6 Å². The van der Waals surface area contributed by atoms with Gasteiger partial charge in [-0.25, -0.2) is 17.5 Å². The number of methoxy groups -OCH3 is 1. The molecule has 2 rings (SSSR count). The number of hydrogen-bond donors (Lipinski definition) is 2. The van der Waals surface area contributed by atoms with Crippen LogP contribution in [0.1, 0.15) is 32.6 Å². The van der Waals surface area contributed by atoms with Crippen molar-refractivity contribution < 1.29 is 17.5 Å². The summed E-state index contributed by atoms with van der Waals surface area (Å²) in [6.07, 6.45) is 3.63. The van der Waals surface area contributed by atoms with Crippen LogP contribution in [0, 0.1) is 11.7 Å². The minimum absolute atomic E-state index is 0. The average molecular weight is 367 g/mol. The van der Waals surface area contributed by atoms with Gasteiger partial charge in [0.2, 0.25) is 10.0 Å². The Bertz CT molecular complexity index is 642. The molecular weight excluding hydrogens is 343 g/mol. The highest BCUT2D eigenvalue weighted by atomic mass is 35.5. The third-order valence-electron chi connectivity index (χ3n) is 4.59. The number of rotatable bonds is 5. The SMILES string of the molecule is COc1ccc(S(=O)(=O)NC2(CN)CCCCC2C)cc1F.Cl. The number of ether oxygens (including phenoxy) is 1. The van der Waals surface area contributed by atoms with Crippen molar-refractivity contribution in [2.75, 3.05) is 13.7 Å². The predicted molar refractivity (Wildman–Crippen MR) is 89.9 cm³/mol. The number of nitrogens with one attached hydrogen (secondary N) is 1. The van der Waals surface area contributed by atoms with Crippen molar-refractivity contribution in [3.05, 3.63) is 24.0 Å². The highest BCUT2D eigenvalue weighted by molar-refractivity contribution is 7.89. The van der Waals surface area contributed by atoms with E-state index in [-0.39, 0.29) is 35.5 Å². The molecule has 1 saturated carbocycles. The van der Waals surface area contributed by atoms with Gasteiger partial charge < -0.3 is 10.5 Å². The monoisotopic (exact) mass is 366 g/mol. The Morgan fingerprint density at radius 2 is 2.13 bits per heavy atom. The largest absolute Gasteiger partial charge is 0.494 e. The van der Waals surface area contributed by atoms with Gasteiger partial charge in [0.15, 0.2) is 11.6 Å². The molecule has 0 heterocycles. The lowest BCUT2D eigenvalue weighted by atomic mass is 9.74. The summed E-state index contributed by atoms with van der Waals surface area (Å²) in [6.45, 7) is 2.23. The molecule has 23 heavy (non-hydrogen) atoms. The van der Waals surface area contributed by atoms with Gasteiger partial charge in [0.1, 0.15) is 0 Å². The van der Waals surface area contributed by atoms with Crippen LogP contribution in [0.4, 0.5) is 4.39 Å². The van der Waals surface area contributed by atoms with Crippen LogP contribution in [0.15, 0.2) is 23.1 Å². The lowest BCUT2D eigenvalue weighted by Gasteiger charge is -2.42. The fraction of sp³-hybridized carbons (Fsp3) is 0.600. The number of halogens is 2. The first-order valence-electron chi connectivity index (χ1n) is 7.42. The Morgan fingerprint density at radius 3 is 2.65 bits per heavy atom. The van der Waals surface area contributed by atoms with E-state index in [1.165, 1.54) is 19.2 Å². The molecule has 0 radical (unpaired) electrons. The number of benzene rings is 1. The van der Waals surface area contributed by atoms with E-state index < -0.39 is 21.4 Å². The number of nitrogens with two attached hydrogens (primary N) is 1. The van der Waals surface area contributed by atoms with Crippen LogP contribution in [0.2, 0.25) is 0 Å². The van der Waals surface area contributed by atoms with Crippen molar-refractivity contribution >= 4 is 22.4 Å². The lowest BCUT2D eigenvalue weighted by molar-refractivity contribution is 0.191. The van der Waals surface area contributed by atoms with E-state index in [1.54, 1.807) is 0 Å². The van der Waals surface area contributed by atoms with Gasteiger partial charge in [-0.05, 0) is 37.0 Å². The molecule has 3 N–H and O–H groups in total. The number of hydrogen-bond acceptors (Lipinski definition) is 4. The molecule has 0 aliphatic heterocycles. The summed E-state index contributed by atoms with van der Waals surface area (Å²) in [5.74, 6) is -0.550. The zero-order chi connectivity index (χ0) is 16.4. The van der Waals surface area contributed by atoms with Gasteiger partial charge in [0, 0.05) is 12.1 Å². The first-order valence-corrected chi connectivity index (χ1v) is 8.90. The molecule has 1 aliphatic rings. The van der Waals surface area contributed by atoms with E-state index in [0.717, 1.165) is 25.3 Å². The van der Waals surface area contributed by atoms with E-state index >= 15 is 0 Å². The number of sulfonamides is 1. The lowest BCUT2D eigenvalue weighted by Crippen LogP contribution is -2.58. The van der Waals surface area contributed by atoms with E-state index in [0.29, 0.717) is 6.42 Å². The van der Waals surface area contributed by atoms with Crippen molar-refractivity contribution in [3.8, 4) is 5.75 Å². The second-order valence-corrected chi connectivity index (χ2v) is 7.59. The fourth-order valence-electron chi connectivity index (χ4n) is 3.05. The van der Waals surface area contributed by atoms with E-state index in [9.17, 15) is 12.8 Å². The van der Waals surface area contributed by atoms with Crippen molar-refractivity contribution in [3.63, 3.8) is 0 Å². The van der Waals surface area contributed by atoms with E-state index in [1.807, 2.05) is 6.92 Å². The van der Waals surface area contributed by atoms with Gasteiger partial charge in [-0.2, -0.15) is 0 Å². The molecule has 0 aromatic heterocycles. The molecular formula is C15H24ClFN2O3S. The molecule has 1 aliphatic carbocycles. The Hall–Kier alpha value is -0.890. The van der Waals surface area contributed by atoms with Gasteiger partial charge in [-0.15, -0.1) is 12.4 Å². The van der Waals surface area contributed by atoms with Gasteiger partial charge in [-0.3, -0.25) is 0 Å². The molecule has 1 fully saturated rings. The van der Waals surface area contributed by atoms with Gasteiger partial charge in [-0.1, -0.05) is 19.8 Å². The average Bonchev–Trinajstić information content (AvgIpc) is 2.49. The minimum atomic E-state index is -3.84. The summed E-state index contributed by atoms with van der Waals surface area (Å²) in [5, 5.41) is 0. The maximum Gasteiger partial charge on any atom is 0.241 e. The molecule has 8 heteroatoms. The highest BCUT2D eigenvalue weighted by Gasteiger charge is 2.40. The first-order chi connectivity index (χ1) is 10.3. The summed E-state index contributed by atoms with van der Waals surface area (Å²) < 4.78 is 46.5. The maximum absolute atomic E-state index is 13.8. The topological polar surface area (TPSA) is 81.4 Å². The van der Waals surface area contributed by atoms with Crippen molar-refractivity contribution in [2.45, 2.75) is 43.0 Å². The summed E-state index contributed by atoms with van der Waals surface area (Å²) in [7, 11) is -2.51. The molecule has 0 saturated heterocycles. The van der Waals surface area contributed by atoms with E-state index in [2.05, 4.69) is 4.72 Å². The van der Waals surface area contributed by atoms with Crippen LogP contribution in [0.5, 0.6) is 5.75 Å². The summed E-state index contributed by atoms with van der Waals surface area (Å²) >= 11 is 0. The molecule has 2 atom stereocenters. The van der Waals surface area contributed by atoms with Crippen LogP contribution in [-0.2, 0) is 10.0 Å². The molecule has 0 spiro atoms. The zero-order valence-electron chi connectivity index (χ0n) is 13.3. The minimum Gasteiger partial charge on any atom is -0.494 e. The smallest absolute Gasteiger partial charge is 0.241 e. The standard InChI is InChI=1S/C15H23FN2O3S.ClH/c1-11-5-3-4-8-15(11,10-17)18-22(19,20)12-6-7-14(21-2)13(16)9-12;/h6-7,9,11,18H,3-5,8,10,17H2,1-2H3;1H. The quantitative estimate of drug-likeness (QED) is 0.838. The molecule has 0 amide bonds. The molecule has 0 bridgehead atoms. The summed E-state index contributed by atoms with van der Waals surface area (Å²) in [5.41, 5.74) is 5.21. The second kappa shape index (κ2) is 7.79. The van der Waals surface area contributed by atoms with Gasteiger partial charge >= 0.3 is 0 Å². The Labute approximate surface area is 143 Å². The molecule has 1 aromatic carbocycles. The Balaban J connectivity index is 0.00000264. The third kappa shape index (κ3) is 4.15. The van der Waals surface area contributed by atoms with Crippen LogP contribution in [0.3, 0.4) is 0 Å². The van der Waals surface area contributed by atoms with Crippen molar-refractivity contribution in [1.29, 1.82) is 0 Å². The maximum atomic E-state index is 13.8. The Kier molecular flexibility index (Phi) is 6.82. The molecule has 132 valence electrons. The predicted octanol–water partition coefficient (Wildman–Crippen LogP) is 2.44. The van der Waals surface area contributed by atoms with Gasteiger partial charge in [0.05, 0.1) is 12.0 Å².